The highest BCUT2D eigenvalue weighted by Crippen LogP contribution is 2.48. The number of phenolic OH excluding ortho intramolecular Hbond substituents is 1. The summed E-state index contributed by atoms with van der Waals surface area (Å²) in [6.45, 7) is 5.51. The van der Waals surface area contributed by atoms with E-state index >= 15 is 0 Å². The molecule has 1 aliphatic carbocycles. The van der Waals surface area contributed by atoms with Crippen LogP contribution in [0.2, 0.25) is 0 Å². The number of Topliss-reactive ketones (excluding diaryl/α,β-unsaturated/α-hetero) is 1. The Kier molecular flexibility index (Phi) is 8.85. The van der Waals surface area contributed by atoms with E-state index in [4.69, 9.17) is 14.2 Å². The first-order valence-electron chi connectivity index (χ1n) is 11.7. The number of nitro groups is 1. The summed E-state index contributed by atoms with van der Waals surface area (Å²) in [4.78, 5) is 50.6. The van der Waals surface area contributed by atoms with Crippen molar-refractivity contribution in [3.63, 3.8) is 0 Å². The Balaban J connectivity index is 2.22. The van der Waals surface area contributed by atoms with Crippen LogP contribution in [0.1, 0.15) is 38.7 Å². The molecule has 3 atom stereocenters. The Labute approximate surface area is 218 Å². The average molecular weight is 535 g/mol. The minimum Gasteiger partial charge on any atom is -0.500 e. The lowest BCUT2D eigenvalue weighted by Gasteiger charge is -2.38. The lowest BCUT2D eigenvalue weighted by atomic mass is 9.69. The molecular weight excluding hydrogens is 504 g/mol. The minimum atomic E-state index is -1.11. The van der Waals surface area contributed by atoms with Gasteiger partial charge in [-0.25, -0.2) is 4.79 Å². The number of phenols is 1. The van der Waals surface area contributed by atoms with Crippen molar-refractivity contribution in [1.82, 2.24) is 5.32 Å². The summed E-state index contributed by atoms with van der Waals surface area (Å²) in [5.74, 6) is -4.03. The molecule has 0 saturated carbocycles. The first-order chi connectivity index (χ1) is 17.6. The molecule has 0 radical (unpaired) electrons. The largest absolute Gasteiger partial charge is 0.500 e. The van der Waals surface area contributed by atoms with Gasteiger partial charge in [-0.2, -0.15) is 11.8 Å². The normalized spacial score (nSPS) is 21.2. The number of ketones is 1. The Morgan fingerprint density at radius 1 is 1.30 bits per heavy atom. The third-order valence-corrected chi connectivity index (χ3v) is 7.32. The zero-order valence-electron chi connectivity index (χ0n) is 21.3. The van der Waals surface area contributed by atoms with Crippen LogP contribution in [-0.4, -0.2) is 60.1 Å². The number of nitro benzene ring substituents is 1. The van der Waals surface area contributed by atoms with E-state index in [-0.39, 0.29) is 35.0 Å². The van der Waals surface area contributed by atoms with Gasteiger partial charge in [0.15, 0.2) is 11.5 Å². The fourth-order valence-electron chi connectivity index (χ4n) is 4.78. The highest BCUT2D eigenvalue weighted by atomic mass is 32.2. The van der Waals surface area contributed by atoms with Crippen LogP contribution in [0.25, 0.3) is 0 Å². The third-order valence-electron chi connectivity index (χ3n) is 6.46. The number of methoxy groups -OCH3 is 2. The SMILES string of the molecule is CCSCCOC(=O)C1=C(C)NC2=C(C(=O)C(C(=O)OC)C(C)C2)C1c1cc(OC)c(O)c([N+](=O)[O-])c1. The topological polar surface area (TPSA) is 154 Å². The van der Waals surface area contributed by atoms with Crippen molar-refractivity contribution in [1.29, 1.82) is 0 Å². The van der Waals surface area contributed by atoms with Gasteiger partial charge in [0, 0.05) is 34.7 Å². The molecule has 0 spiro atoms. The molecule has 11 nitrogen and oxygen atoms in total. The van der Waals surface area contributed by atoms with Crippen LogP contribution < -0.4 is 10.1 Å². The van der Waals surface area contributed by atoms with Gasteiger partial charge in [-0.1, -0.05) is 13.8 Å². The maximum absolute atomic E-state index is 13.8. The van der Waals surface area contributed by atoms with E-state index in [9.17, 15) is 29.6 Å². The summed E-state index contributed by atoms with van der Waals surface area (Å²) < 4.78 is 15.5. The molecular formula is C25H30N2O9S. The lowest BCUT2D eigenvalue weighted by molar-refractivity contribution is -0.386. The van der Waals surface area contributed by atoms with Gasteiger partial charge in [-0.15, -0.1) is 0 Å². The number of aromatic hydroxyl groups is 1. The second-order valence-corrected chi connectivity index (χ2v) is 10.1. The van der Waals surface area contributed by atoms with E-state index in [0.29, 0.717) is 23.6 Å². The minimum absolute atomic E-state index is 0.0776. The fourth-order valence-corrected chi connectivity index (χ4v) is 5.26. The Morgan fingerprint density at radius 3 is 2.59 bits per heavy atom. The van der Waals surface area contributed by atoms with Gasteiger partial charge in [-0.3, -0.25) is 19.7 Å². The molecule has 2 N–H and O–H groups in total. The number of ether oxygens (including phenoxy) is 3. The Morgan fingerprint density at radius 2 is 2.00 bits per heavy atom. The summed E-state index contributed by atoms with van der Waals surface area (Å²) in [6, 6.07) is 2.44. The number of rotatable bonds is 9. The molecule has 1 aliphatic heterocycles. The molecule has 3 unspecified atom stereocenters. The average Bonchev–Trinajstić information content (AvgIpc) is 2.85. The van der Waals surface area contributed by atoms with Crippen molar-refractivity contribution in [2.24, 2.45) is 11.8 Å². The highest BCUT2D eigenvalue weighted by Gasteiger charge is 2.47. The van der Waals surface area contributed by atoms with E-state index in [1.807, 2.05) is 6.92 Å². The van der Waals surface area contributed by atoms with Gasteiger partial charge < -0.3 is 24.6 Å². The summed E-state index contributed by atoms with van der Waals surface area (Å²) >= 11 is 1.59. The van der Waals surface area contributed by atoms with E-state index in [2.05, 4.69) is 5.32 Å². The maximum atomic E-state index is 13.8. The van der Waals surface area contributed by atoms with Gasteiger partial charge in [0.25, 0.3) is 0 Å². The standard InChI is InChI=1S/C25H30N2O9S/c1-6-37-8-7-36-25(31)19-13(3)26-15-9-12(2)18(24(30)35-5)23(29)21(15)20(19)14-10-16(27(32)33)22(28)17(11-14)34-4/h10-12,18,20,26,28H,6-9H2,1-5H3. The molecule has 1 aromatic carbocycles. The van der Waals surface area contributed by atoms with E-state index < -0.39 is 45.9 Å². The van der Waals surface area contributed by atoms with Gasteiger partial charge in [-0.05, 0) is 36.6 Å². The van der Waals surface area contributed by atoms with Crippen LogP contribution in [0.4, 0.5) is 5.69 Å². The third kappa shape index (κ3) is 5.43. The molecule has 1 aromatic rings. The van der Waals surface area contributed by atoms with E-state index in [1.54, 1.807) is 25.6 Å². The zero-order valence-corrected chi connectivity index (χ0v) is 22.1. The molecule has 2 aliphatic rings. The fraction of sp³-hybridized carbons (Fsp3) is 0.480. The van der Waals surface area contributed by atoms with E-state index in [1.165, 1.54) is 20.3 Å². The number of hydrogen-bond donors (Lipinski definition) is 2. The second-order valence-electron chi connectivity index (χ2n) is 8.72. The summed E-state index contributed by atoms with van der Waals surface area (Å²) in [5.41, 5.74) is 0.637. The number of carbonyl (C=O) groups is 3. The van der Waals surface area contributed by atoms with Crippen molar-refractivity contribution in [3.8, 4) is 11.5 Å². The molecule has 0 fully saturated rings. The molecule has 12 heteroatoms. The predicted octanol–water partition coefficient (Wildman–Crippen LogP) is 3.22. The number of esters is 2. The molecule has 0 amide bonds. The quantitative estimate of drug-likeness (QED) is 0.158. The Hall–Kier alpha value is -3.54. The monoisotopic (exact) mass is 534 g/mol. The zero-order chi connectivity index (χ0) is 27.4. The molecule has 0 bridgehead atoms. The molecule has 0 saturated heterocycles. The van der Waals surface area contributed by atoms with Crippen LogP contribution in [0.5, 0.6) is 11.5 Å². The van der Waals surface area contributed by atoms with Crippen molar-refractivity contribution in [2.45, 2.75) is 33.1 Å². The first-order valence-corrected chi connectivity index (χ1v) is 12.9. The van der Waals surface area contributed by atoms with Crippen molar-refractivity contribution in [3.05, 3.63) is 50.4 Å². The number of hydrogen-bond acceptors (Lipinski definition) is 11. The van der Waals surface area contributed by atoms with Crippen molar-refractivity contribution < 1.29 is 38.6 Å². The number of allylic oxidation sites excluding steroid dienone is 3. The number of dihydropyridines is 1. The molecule has 1 heterocycles. The molecule has 3 rings (SSSR count). The predicted molar refractivity (Wildman–Crippen MR) is 135 cm³/mol. The Bertz CT molecular complexity index is 1190. The maximum Gasteiger partial charge on any atom is 0.336 e. The number of nitrogens with one attached hydrogen (secondary N) is 1. The highest BCUT2D eigenvalue weighted by molar-refractivity contribution is 7.99. The first kappa shape index (κ1) is 28.0. The summed E-state index contributed by atoms with van der Waals surface area (Å²) in [6.07, 6.45) is 0.307. The van der Waals surface area contributed by atoms with Gasteiger partial charge >= 0.3 is 17.6 Å². The van der Waals surface area contributed by atoms with Crippen LogP contribution in [0, 0.1) is 22.0 Å². The van der Waals surface area contributed by atoms with Gasteiger partial charge in [0.2, 0.25) is 5.75 Å². The van der Waals surface area contributed by atoms with Crippen LogP contribution in [0.15, 0.2) is 34.7 Å². The van der Waals surface area contributed by atoms with Crippen LogP contribution >= 0.6 is 11.8 Å². The van der Waals surface area contributed by atoms with Gasteiger partial charge in [0.1, 0.15) is 12.5 Å². The van der Waals surface area contributed by atoms with Crippen LogP contribution in [0.3, 0.4) is 0 Å². The number of nitrogens with zero attached hydrogens (tertiary/aromatic N) is 1. The van der Waals surface area contributed by atoms with Crippen LogP contribution in [-0.2, 0) is 23.9 Å². The number of benzene rings is 1. The van der Waals surface area contributed by atoms with Gasteiger partial charge in [0.05, 0.1) is 24.7 Å². The summed E-state index contributed by atoms with van der Waals surface area (Å²) in [7, 11) is 2.43. The summed E-state index contributed by atoms with van der Waals surface area (Å²) in [5, 5.41) is 25.2. The number of thioether (sulfide) groups is 1. The van der Waals surface area contributed by atoms with Crippen molar-refractivity contribution >= 4 is 35.2 Å². The number of carbonyl (C=O) groups excluding carboxylic acids is 3. The molecule has 0 aromatic heterocycles. The molecule has 37 heavy (non-hydrogen) atoms. The molecule has 200 valence electrons. The van der Waals surface area contributed by atoms with Crippen molar-refractivity contribution in [2.75, 3.05) is 32.3 Å². The smallest absolute Gasteiger partial charge is 0.336 e. The lowest BCUT2D eigenvalue weighted by Crippen LogP contribution is -2.43. The second kappa shape index (κ2) is 11.7. The van der Waals surface area contributed by atoms with E-state index in [0.717, 1.165) is 11.8 Å².